The van der Waals surface area contributed by atoms with Crippen LogP contribution in [0.1, 0.15) is 18.4 Å². The van der Waals surface area contributed by atoms with Gasteiger partial charge in [-0.3, -0.25) is 14.5 Å². The smallest absolute Gasteiger partial charge is 0.243 e. The first kappa shape index (κ1) is 17.7. The molecule has 6 nitrogen and oxygen atoms in total. The lowest BCUT2D eigenvalue weighted by Gasteiger charge is -2.42. The van der Waals surface area contributed by atoms with E-state index in [9.17, 15) is 18.0 Å². The van der Waals surface area contributed by atoms with Gasteiger partial charge in [0.05, 0.1) is 22.8 Å². The van der Waals surface area contributed by atoms with Gasteiger partial charge in [-0.15, -0.1) is 0 Å². The normalized spacial score (nSPS) is 26.9. The molecule has 2 aliphatic heterocycles. The van der Waals surface area contributed by atoms with Gasteiger partial charge in [-0.05, 0) is 37.5 Å². The number of carbonyl (C=O) groups excluding carboxylic acids is 2. The van der Waals surface area contributed by atoms with E-state index in [-0.39, 0.29) is 47.7 Å². The molecule has 0 unspecified atom stereocenters. The van der Waals surface area contributed by atoms with Crippen LogP contribution in [0.5, 0.6) is 0 Å². The summed E-state index contributed by atoms with van der Waals surface area (Å²) < 4.78 is 27.0. The first-order valence-electron chi connectivity index (χ1n) is 8.59. The second kappa shape index (κ2) is 6.18. The molecule has 4 rings (SSSR count). The fraction of sp³-hybridized carbons (Fsp3) is 0.444. The summed E-state index contributed by atoms with van der Waals surface area (Å²) >= 11 is 5.94. The van der Waals surface area contributed by atoms with Crippen molar-refractivity contribution >= 4 is 33.4 Å². The van der Waals surface area contributed by atoms with Crippen molar-refractivity contribution in [1.29, 1.82) is 0 Å². The molecule has 2 amide bonds. The quantitative estimate of drug-likeness (QED) is 0.580. The second-order valence-corrected chi connectivity index (χ2v) is 9.43. The predicted octanol–water partition coefficient (Wildman–Crippen LogP) is 1.97. The lowest BCUT2D eigenvalue weighted by Crippen LogP contribution is -2.62. The molecule has 2 fully saturated rings. The summed E-state index contributed by atoms with van der Waals surface area (Å²) in [5, 5.41) is 0.354. The maximum absolute atomic E-state index is 12.8. The van der Waals surface area contributed by atoms with Gasteiger partial charge in [0.2, 0.25) is 21.8 Å². The second-order valence-electron chi connectivity index (χ2n) is 7.09. The summed E-state index contributed by atoms with van der Waals surface area (Å²) in [4.78, 5) is 26.7. The largest absolute Gasteiger partial charge is 0.276 e. The SMILES string of the molecule is Cc1ccc(Cl)cc1S(=O)(=O)N1CC(N2C(=O)[C@H]3CC=CC[C@H]3C2=O)C1. The van der Waals surface area contributed by atoms with Gasteiger partial charge >= 0.3 is 0 Å². The molecule has 3 aliphatic rings. The molecule has 2 saturated heterocycles. The van der Waals surface area contributed by atoms with Crippen molar-refractivity contribution in [2.75, 3.05) is 13.1 Å². The number of aryl methyl sites for hydroxylation is 1. The third-order valence-electron chi connectivity index (χ3n) is 5.50. The average molecular weight is 395 g/mol. The van der Waals surface area contributed by atoms with E-state index in [2.05, 4.69) is 0 Å². The molecule has 1 aromatic rings. The molecule has 0 spiro atoms. The van der Waals surface area contributed by atoms with Gasteiger partial charge in [0, 0.05) is 18.1 Å². The summed E-state index contributed by atoms with van der Waals surface area (Å²) in [6, 6.07) is 4.37. The summed E-state index contributed by atoms with van der Waals surface area (Å²) in [7, 11) is -3.69. The van der Waals surface area contributed by atoms with Crippen LogP contribution in [0.3, 0.4) is 0 Å². The Kier molecular flexibility index (Phi) is 4.21. The number of carbonyl (C=O) groups is 2. The zero-order valence-corrected chi connectivity index (χ0v) is 15.8. The van der Waals surface area contributed by atoms with E-state index in [1.807, 2.05) is 12.2 Å². The molecule has 0 radical (unpaired) electrons. The average Bonchev–Trinajstić information content (AvgIpc) is 2.81. The maximum Gasteiger partial charge on any atom is 0.243 e. The molecule has 0 aromatic heterocycles. The third-order valence-corrected chi connectivity index (χ3v) is 7.71. The van der Waals surface area contributed by atoms with Crippen LogP contribution in [-0.2, 0) is 19.6 Å². The molecule has 0 saturated carbocycles. The number of halogens is 1. The molecule has 2 heterocycles. The number of hydrogen-bond donors (Lipinski definition) is 0. The summed E-state index contributed by atoms with van der Waals surface area (Å²) in [6.45, 7) is 1.99. The zero-order valence-electron chi connectivity index (χ0n) is 14.3. The molecular formula is C18H19ClN2O4S. The van der Waals surface area contributed by atoms with E-state index in [0.717, 1.165) is 0 Å². The minimum Gasteiger partial charge on any atom is -0.276 e. The highest BCUT2D eigenvalue weighted by Crippen LogP contribution is 2.38. The van der Waals surface area contributed by atoms with Gasteiger partial charge in [-0.2, -0.15) is 4.31 Å². The van der Waals surface area contributed by atoms with Crippen LogP contribution in [0.4, 0.5) is 0 Å². The van der Waals surface area contributed by atoms with Crippen molar-refractivity contribution in [2.24, 2.45) is 11.8 Å². The number of rotatable bonds is 3. The number of amides is 2. The van der Waals surface area contributed by atoms with Gasteiger partial charge in [0.25, 0.3) is 0 Å². The first-order chi connectivity index (χ1) is 12.3. The Labute approximate surface area is 157 Å². The Balaban J connectivity index is 1.51. The number of allylic oxidation sites excluding steroid dienone is 2. The van der Waals surface area contributed by atoms with Crippen LogP contribution < -0.4 is 0 Å². The highest BCUT2D eigenvalue weighted by atomic mass is 35.5. The molecule has 0 N–H and O–H groups in total. The minimum atomic E-state index is -3.69. The van der Waals surface area contributed by atoms with Crippen molar-refractivity contribution in [1.82, 2.24) is 9.21 Å². The number of imide groups is 1. The molecular weight excluding hydrogens is 376 g/mol. The van der Waals surface area contributed by atoms with Crippen LogP contribution in [0.15, 0.2) is 35.2 Å². The van der Waals surface area contributed by atoms with E-state index in [1.165, 1.54) is 15.3 Å². The van der Waals surface area contributed by atoms with Gasteiger partial charge in [0.1, 0.15) is 0 Å². The lowest BCUT2D eigenvalue weighted by atomic mass is 9.85. The van der Waals surface area contributed by atoms with Gasteiger partial charge < -0.3 is 0 Å². The van der Waals surface area contributed by atoms with Crippen LogP contribution >= 0.6 is 11.6 Å². The Morgan fingerprint density at radius 3 is 2.19 bits per heavy atom. The summed E-state index contributed by atoms with van der Waals surface area (Å²) in [5.74, 6) is -0.891. The first-order valence-corrected chi connectivity index (χ1v) is 10.4. The fourth-order valence-electron chi connectivity index (χ4n) is 3.95. The number of fused-ring (bicyclic) bond motifs is 1. The monoisotopic (exact) mass is 394 g/mol. The van der Waals surface area contributed by atoms with Crippen LogP contribution in [0, 0.1) is 18.8 Å². The Morgan fingerprint density at radius 2 is 1.62 bits per heavy atom. The number of benzene rings is 1. The van der Waals surface area contributed by atoms with E-state index in [0.29, 0.717) is 23.4 Å². The molecule has 0 bridgehead atoms. The van der Waals surface area contributed by atoms with Crippen molar-refractivity contribution in [3.63, 3.8) is 0 Å². The molecule has 8 heteroatoms. The number of nitrogens with zero attached hydrogens (tertiary/aromatic N) is 2. The van der Waals surface area contributed by atoms with Crippen LogP contribution in [-0.4, -0.2) is 48.6 Å². The van der Waals surface area contributed by atoms with E-state index < -0.39 is 10.0 Å². The van der Waals surface area contributed by atoms with Crippen LogP contribution in [0.25, 0.3) is 0 Å². The summed E-state index contributed by atoms with van der Waals surface area (Å²) in [5.41, 5.74) is 0.614. The Hall–Kier alpha value is -1.70. The van der Waals surface area contributed by atoms with Crippen molar-refractivity contribution in [3.05, 3.63) is 40.9 Å². The number of likely N-dealkylation sites (tertiary alicyclic amines) is 1. The standard InChI is InChI=1S/C18H19ClN2O4S/c1-11-6-7-12(19)8-16(11)26(24,25)20-9-13(10-20)21-17(22)14-4-2-3-5-15(14)18(21)23/h2-3,6-8,13-15H,4-5,9-10H2,1H3/t14-,15+. The molecule has 26 heavy (non-hydrogen) atoms. The van der Waals surface area contributed by atoms with Gasteiger partial charge in [-0.1, -0.05) is 29.8 Å². The highest BCUT2D eigenvalue weighted by Gasteiger charge is 2.53. The van der Waals surface area contributed by atoms with Crippen molar-refractivity contribution in [2.45, 2.75) is 30.7 Å². The van der Waals surface area contributed by atoms with Gasteiger partial charge in [-0.25, -0.2) is 8.42 Å². The fourth-order valence-corrected chi connectivity index (χ4v) is 5.96. The van der Waals surface area contributed by atoms with E-state index >= 15 is 0 Å². The lowest BCUT2D eigenvalue weighted by molar-refractivity contribution is -0.145. The van der Waals surface area contributed by atoms with Crippen LogP contribution in [0.2, 0.25) is 5.02 Å². The summed E-state index contributed by atoms with van der Waals surface area (Å²) in [6.07, 6.45) is 5.05. The minimum absolute atomic E-state index is 0.138. The van der Waals surface area contributed by atoms with Crippen molar-refractivity contribution < 1.29 is 18.0 Å². The Morgan fingerprint density at radius 1 is 1.04 bits per heavy atom. The zero-order chi connectivity index (χ0) is 18.6. The third kappa shape index (κ3) is 2.61. The molecule has 1 aliphatic carbocycles. The number of hydrogen-bond acceptors (Lipinski definition) is 4. The molecule has 1 aromatic carbocycles. The maximum atomic E-state index is 12.8. The van der Waals surface area contributed by atoms with Gasteiger partial charge in [0.15, 0.2) is 0 Å². The number of sulfonamides is 1. The molecule has 2 atom stereocenters. The van der Waals surface area contributed by atoms with E-state index in [1.54, 1.807) is 19.1 Å². The van der Waals surface area contributed by atoms with Crippen molar-refractivity contribution in [3.8, 4) is 0 Å². The Bertz CT molecular complexity index is 895. The van der Waals surface area contributed by atoms with E-state index in [4.69, 9.17) is 11.6 Å². The molecule has 138 valence electrons. The topological polar surface area (TPSA) is 74.8 Å². The highest BCUT2D eigenvalue weighted by molar-refractivity contribution is 7.89. The predicted molar refractivity (Wildman–Crippen MR) is 95.9 cm³/mol.